The first-order valence-electron chi connectivity index (χ1n) is 4.19. The van der Waals surface area contributed by atoms with Crippen LogP contribution in [0.25, 0.3) is 0 Å². The van der Waals surface area contributed by atoms with Crippen LogP contribution in [0.5, 0.6) is 0 Å². The lowest BCUT2D eigenvalue weighted by Crippen LogP contribution is -2.54. The smallest absolute Gasteiger partial charge is 0.134 e. The quantitative estimate of drug-likeness (QED) is 0.569. The number of carbonyl (C=O) groups excluding carboxylic acids is 1. The van der Waals surface area contributed by atoms with Crippen LogP contribution >= 0.6 is 0 Å². The zero-order chi connectivity index (χ0) is 7.84. The van der Waals surface area contributed by atoms with Gasteiger partial charge in [0, 0.05) is 32.0 Å². The minimum atomic E-state index is -0.134. The molecule has 62 valence electrons. The van der Waals surface area contributed by atoms with Gasteiger partial charge in [0.25, 0.3) is 0 Å². The average Bonchev–Trinajstić information content (AvgIpc) is 2.29. The largest absolute Gasteiger partial charge is 0.390 e. The molecule has 1 aliphatic heterocycles. The highest BCUT2D eigenvalue weighted by Gasteiger charge is 2.34. The Morgan fingerprint density at radius 1 is 1.45 bits per heavy atom. The van der Waals surface area contributed by atoms with Crippen LogP contribution in [-0.4, -0.2) is 41.0 Å². The molecule has 1 atom stereocenters. The Morgan fingerprint density at radius 3 is 2.64 bits per heavy atom. The number of carbonyl (C=O) groups is 1. The van der Waals surface area contributed by atoms with Gasteiger partial charge in [0.2, 0.25) is 0 Å². The summed E-state index contributed by atoms with van der Waals surface area (Å²) in [6.45, 7) is 1.55. The fraction of sp³-hybridized carbons (Fsp3) is 0.875. The van der Waals surface area contributed by atoms with E-state index >= 15 is 0 Å². The molecule has 0 amide bonds. The maximum absolute atomic E-state index is 10.9. The van der Waals surface area contributed by atoms with E-state index in [1.165, 1.54) is 0 Å². The maximum atomic E-state index is 10.9. The number of rotatable bonds is 1. The van der Waals surface area contributed by atoms with Gasteiger partial charge < -0.3 is 5.11 Å². The molecule has 0 radical (unpaired) electrons. The Hall–Kier alpha value is -0.410. The molecule has 0 aromatic rings. The van der Waals surface area contributed by atoms with E-state index in [2.05, 4.69) is 4.90 Å². The molecular formula is C8H13NO2. The van der Waals surface area contributed by atoms with Crippen molar-refractivity contribution in [1.82, 2.24) is 4.90 Å². The third-order valence-electron chi connectivity index (χ3n) is 2.63. The summed E-state index contributed by atoms with van der Waals surface area (Å²) in [5.74, 6) is 0.386. The molecule has 11 heavy (non-hydrogen) atoms. The third kappa shape index (κ3) is 1.30. The molecule has 2 rings (SSSR count). The first-order valence-corrected chi connectivity index (χ1v) is 4.19. The lowest BCUT2D eigenvalue weighted by atomic mass is 10.1. The van der Waals surface area contributed by atoms with Gasteiger partial charge in [0.15, 0.2) is 0 Å². The van der Waals surface area contributed by atoms with E-state index in [4.69, 9.17) is 5.11 Å². The summed E-state index contributed by atoms with van der Waals surface area (Å²) in [5.41, 5.74) is 0. The zero-order valence-corrected chi connectivity index (χ0v) is 6.49. The van der Waals surface area contributed by atoms with Crippen LogP contribution < -0.4 is 0 Å². The molecule has 0 aromatic heterocycles. The summed E-state index contributed by atoms with van der Waals surface area (Å²) in [4.78, 5) is 13.1. The van der Waals surface area contributed by atoms with Crippen molar-refractivity contribution in [3.05, 3.63) is 0 Å². The Labute approximate surface area is 66.0 Å². The Kier molecular flexibility index (Phi) is 1.69. The maximum Gasteiger partial charge on any atom is 0.134 e. The van der Waals surface area contributed by atoms with E-state index in [0.717, 1.165) is 25.9 Å². The number of aliphatic hydroxyl groups excluding tert-OH is 1. The Morgan fingerprint density at radius 2 is 2.18 bits per heavy atom. The van der Waals surface area contributed by atoms with Crippen LogP contribution in [0.1, 0.15) is 19.3 Å². The van der Waals surface area contributed by atoms with Crippen molar-refractivity contribution in [3.63, 3.8) is 0 Å². The number of Topliss-reactive ketones (excluding diaryl/α,β-unsaturated/α-hetero) is 1. The van der Waals surface area contributed by atoms with Gasteiger partial charge in [-0.3, -0.25) is 9.69 Å². The summed E-state index contributed by atoms with van der Waals surface area (Å²) in [6, 6.07) is 0.450. The highest BCUT2D eigenvalue weighted by atomic mass is 16.3. The predicted molar refractivity (Wildman–Crippen MR) is 40.2 cm³/mol. The lowest BCUT2D eigenvalue weighted by molar-refractivity contribution is -0.118. The fourth-order valence-electron chi connectivity index (χ4n) is 1.89. The van der Waals surface area contributed by atoms with Crippen LogP contribution in [0.15, 0.2) is 0 Å². The van der Waals surface area contributed by atoms with Gasteiger partial charge in [-0.2, -0.15) is 0 Å². The van der Waals surface area contributed by atoms with Crippen LogP contribution in [0.2, 0.25) is 0 Å². The number of hydrogen-bond donors (Lipinski definition) is 1. The number of ketones is 1. The lowest BCUT2D eigenvalue weighted by Gasteiger charge is -2.40. The minimum absolute atomic E-state index is 0.134. The highest BCUT2D eigenvalue weighted by Crippen LogP contribution is 2.24. The zero-order valence-electron chi connectivity index (χ0n) is 6.49. The second-order valence-electron chi connectivity index (χ2n) is 3.54. The number of β-amino-alcohol motifs (C(OH)–C–C–N with tert-alkyl or cyclic N) is 1. The van der Waals surface area contributed by atoms with Gasteiger partial charge >= 0.3 is 0 Å². The summed E-state index contributed by atoms with van der Waals surface area (Å²) < 4.78 is 0. The molecule has 1 unspecified atom stereocenters. The molecule has 3 nitrogen and oxygen atoms in total. The first-order chi connectivity index (χ1) is 5.25. The van der Waals surface area contributed by atoms with Crippen LogP contribution in [0, 0.1) is 0 Å². The van der Waals surface area contributed by atoms with E-state index in [1.807, 2.05) is 0 Å². The number of hydrogen-bond acceptors (Lipinski definition) is 3. The molecule has 0 aromatic carbocycles. The normalized spacial score (nSPS) is 34.3. The van der Waals surface area contributed by atoms with Crippen LogP contribution in [-0.2, 0) is 4.79 Å². The van der Waals surface area contributed by atoms with Gasteiger partial charge in [-0.1, -0.05) is 0 Å². The second kappa shape index (κ2) is 2.57. The van der Waals surface area contributed by atoms with Crippen molar-refractivity contribution in [2.24, 2.45) is 0 Å². The Bertz CT molecular complexity index is 175. The summed E-state index contributed by atoms with van der Waals surface area (Å²) in [5, 5.41) is 9.02. The van der Waals surface area contributed by atoms with Crippen molar-refractivity contribution in [1.29, 1.82) is 0 Å². The topological polar surface area (TPSA) is 40.5 Å². The van der Waals surface area contributed by atoms with Gasteiger partial charge in [-0.05, 0) is 6.42 Å². The minimum Gasteiger partial charge on any atom is -0.390 e. The molecule has 1 aliphatic carbocycles. The van der Waals surface area contributed by atoms with Crippen LogP contribution in [0.3, 0.4) is 0 Å². The highest BCUT2D eigenvalue weighted by molar-refractivity contribution is 5.81. The average molecular weight is 155 g/mol. The van der Waals surface area contributed by atoms with Gasteiger partial charge in [0.1, 0.15) is 5.78 Å². The van der Waals surface area contributed by atoms with Gasteiger partial charge in [0.05, 0.1) is 6.10 Å². The molecule has 2 fully saturated rings. The van der Waals surface area contributed by atoms with Crippen molar-refractivity contribution in [3.8, 4) is 0 Å². The number of aliphatic hydroxyl groups is 1. The molecule has 3 heteroatoms. The standard InChI is InChI=1S/C8H13NO2/c10-7-2-1-6(3-7)9-4-8(11)5-9/h6,8,11H,1-5H2. The summed E-state index contributed by atoms with van der Waals surface area (Å²) in [7, 11) is 0. The van der Waals surface area contributed by atoms with E-state index < -0.39 is 0 Å². The van der Waals surface area contributed by atoms with E-state index in [0.29, 0.717) is 18.2 Å². The van der Waals surface area contributed by atoms with Crippen molar-refractivity contribution in [2.45, 2.75) is 31.4 Å². The molecule has 1 N–H and O–H groups in total. The van der Waals surface area contributed by atoms with Crippen molar-refractivity contribution in [2.75, 3.05) is 13.1 Å². The second-order valence-corrected chi connectivity index (χ2v) is 3.54. The third-order valence-corrected chi connectivity index (χ3v) is 2.63. The molecule has 1 heterocycles. The number of likely N-dealkylation sites (tertiary alicyclic amines) is 1. The monoisotopic (exact) mass is 155 g/mol. The molecule has 1 saturated heterocycles. The van der Waals surface area contributed by atoms with Crippen molar-refractivity contribution >= 4 is 5.78 Å². The number of nitrogens with zero attached hydrogens (tertiary/aromatic N) is 1. The Balaban J connectivity index is 1.83. The molecule has 0 bridgehead atoms. The van der Waals surface area contributed by atoms with E-state index in [-0.39, 0.29) is 6.10 Å². The first kappa shape index (κ1) is 7.25. The van der Waals surface area contributed by atoms with E-state index in [9.17, 15) is 4.79 Å². The van der Waals surface area contributed by atoms with Gasteiger partial charge in [-0.15, -0.1) is 0 Å². The fourth-order valence-corrected chi connectivity index (χ4v) is 1.89. The van der Waals surface area contributed by atoms with Crippen LogP contribution in [0.4, 0.5) is 0 Å². The summed E-state index contributed by atoms with van der Waals surface area (Å²) in [6.07, 6.45) is 2.33. The van der Waals surface area contributed by atoms with Crippen molar-refractivity contribution < 1.29 is 9.90 Å². The molecule has 0 spiro atoms. The van der Waals surface area contributed by atoms with E-state index in [1.54, 1.807) is 0 Å². The molecule has 1 saturated carbocycles. The SMILES string of the molecule is O=C1CCC(N2CC(O)C2)C1. The summed E-state index contributed by atoms with van der Waals surface area (Å²) >= 11 is 0. The molecular weight excluding hydrogens is 142 g/mol. The molecule has 2 aliphatic rings. The van der Waals surface area contributed by atoms with Gasteiger partial charge in [-0.25, -0.2) is 0 Å². The predicted octanol–water partition coefficient (Wildman–Crippen LogP) is -0.216.